The molecule has 0 spiro atoms. The third-order valence-electron chi connectivity index (χ3n) is 1.18. The predicted octanol–water partition coefficient (Wildman–Crippen LogP) is 2.09. The Morgan fingerprint density at radius 2 is 2.00 bits per heavy atom. The van der Waals surface area contributed by atoms with Crippen molar-refractivity contribution in [2.45, 2.75) is 0 Å². The number of hydrogen-bond acceptors (Lipinski definition) is 3. The Labute approximate surface area is 76.8 Å². The van der Waals surface area contributed by atoms with Gasteiger partial charge in [-0.25, -0.2) is 8.60 Å². The molecule has 0 saturated carbocycles. The fourth-order valence-corrected chi connectivity index (χ4v) is 0.824. The van der Waals surface area contributed by atoms with Crippen LogP contribution in [0.2, 0.25) is 0 Å². The van der Waals surface area contributed by atoms with Crippen molar-refractivity contribution in [1.82, 2.24) is 0 Å². The van der Waals surface area contributed by atoms with Gasteiger partial charge in [0.1, 0.15) is 5.82 Å². The molecule has 1 unspecified atom stereocenters. The van der Waals surface area contributed by atoms with Crippen molar-refractivity contribution in [3.8, 4) is 0 Å². The van der Waals surface area contributed by atoms with Crippen LogP contribution < -0.4 is 0 Å². The second kappa shape index (κ2) is 4.78. The number of azo groups is 1. The maximum Gasteiger partial charge on any atom is 0.177 e. The van der Waals surface area contributed by atoms with E-state index in [4.69, 9.17) is 4.55 Å². The lowest BCUT2D eigenvalue weighted by molar-refractivity contribution is 0.564. The molecule has 6 heteroatoms. The summed E-state index contributed by atoms with van der Waals surface area (Å²) in [6.45, 7) is 0. The summed E-state index contributed by atoms with van der Waals surface area (Å²) in [4.78, 5) is 0. The van der Waals surface area contributed by atoms with Gasteiger partial charge in [0.15, 0.2) is 17.0 Å². The highest BCUT2D eigenvalue weighted by atomic mass is 32.2. The van der Waals surface area contributed by atoms with Crippen LogP contribution in [0.4, 0.5) is 10.1 Å². The van der Waals surface area contributed by atoms with Crippen molar-refractivity contribution in [2.24, 2.45) is 10.2 Å². The van der Waals surface area contributed by atoms with Crippen molar-refractivity contribution >= 4 is 16.8 Å². The van der Waals surface area contributed by atoms with Crippen LogP contribution >= 0.6 is 0 Å². The highest BCUT2D eigenvalue weighted by Crippen LogP contribution is 2.12. The molecular formula is C7H7FN2O2S. The summed E-state index contributed by atoms with van der Waals surface area (Å²) in [5.74, 6) is -0.623. The molecule has 1 rings (SSSR count). The van der Waals surface area contributed by atoms with Gasteiger partial charge in [-0.3, -0.25) is 0 Å². The zero-order valence-electron chi connectivity index (χ0n) is 6.55. The van der Waals surface area contributed by atoms with Gasteiger partial charge >= 0.3 is 0 Å². The topological polar surface area (TPSA) is 62.0 Å². The number of hydrogen-bond donors (Lipinski definition) is 1. The first-order chi connectivity index (χ1) is 6.18. The van der Waals surface area contributed by atoms with Gasteiger partial charge in [0.25, 0.3) is 0 Å². The van der Waals surface area contributed by atoms with E-state index in [-0.39, 0.29) is 11.7 Å². The van der Waals surface area contributed by atoms with E-state index in [1.165, 1.54) is 24.3 Å². The average Bonchev–Trinajstić information content (AvgIpc) is 2.08. The van der Waals surface area contributed by atoms with E-state index in [1.807, 2.05) is 0 Å². The molecule has 0 amide bonds. The molecular weight excluding hydrogens is 195 g/mol. The number of rotatable bonds is 3. The van der Waals surface area contributed by atoms with Gasteiger partial charge in [0, 0.05) is 0 Å². The first-order valence-electron chi connectivity index (χ1n) is 3.39. The van der Waals surface area contributed by atoms with Crippen LogP contribution in [0.15, 0.2) is 34.5 Å². The standard InChI is InChI=1S/C7H7FN2O2S/c8-6-1-3-7(4-2-6)10-9-5-13(11)12/h1-4H,5H2,(H,11,12). The van der Waals surface area contributed by atoms with Gasteiger partial charge in [-0.2, -0.15) is 10.2 Å². The average molecular weight is 202 g/mol. The molecule has 0 radical (unpaired) electrons. The molecule has 0 aromatic heterocycles. The van der Waals surface area contributed by atoms with Crippen LogP contribution in [0.1, 0.15) is 0 Å². The summed E-state index contributed by atoms with van der Waals surface area (Å²) in [5, 5.41) is 7.02. The fourth-order valence-electron chi connectivity index (χ4n) is 0.668. The SMILES string of the molecule is O=S(O)CN=Nc1ccc(F)cc1. The molecule has 1 N–H and O–H groups in total. The molecule has 0 aliphatic heterocycles. The monoisotopic (exact) mass is 202 g/mol. The molecule has 1 aromatic carbocycles. The Morgan fingerprint density at radius 1 is 1.38 bits per heavy atom. The van der Waals surface area contributed by atoms with Crippen molar-refractivity contribution in [3.63, 3.8) is 0 Å². The van der Waals surface area contributed by atoms with Crippen molar-refractivity contribution in [1.29, 1.82) is 0 Å². The van der Waals surface area contributed by atoms with Crippen LogP contribution in [-0.4, -0.2) is 14.6 Å². The molecule has 0 saturated heterocycles. The summed E-state index contributed by atoms with van der Waals surface area (Å²) >= 11 is -1.98. The Bertz CT molecular complexity index is 326. The third-order valence-corrected chi connectivity index (χ3v) is 1.52. The van der Waals surface area contributed by atoms with E-state index in [0.717, 1.165) is 0 Å². The first-order valence-corrected chi connectivity index (χ1v) is 4.66. The number of halogens is 1. The summed E-state index contributed by atoms with van der Waals surface area (Å²) < 4.78 is 30.9. The van der Waals surface area contributed by atoms with Gasteiger partial charge in [0.2, 0.25) is 0 Å². The lowest BCUT2D eigenvalue weighted by Crippen LogP contribution is -1.88. The maximum absolute atomic E-state index is 12.4. The van der Waals surface area contributed by atoms with Crippen molar-refractivity contribution in [2.75, 3.05) is 5.88 Å². The second-order valence-corrected chi connectivity index (χ2v) is 3.07. The summed E-state index contributed by atoms with van der Waals surface area (Å²) in [7, 11) is 0. The molecule has 0 aliphatic rings. The quantitative estimate of drug-likeness (QED) is 0.602. The molecule has 0 aliphatic carbocycles. The lowest BCUT2D eigenvalue weighted by atomic mass is 10.3. The van der Waals surface area contributed by atoms with E-state index in [2.05, 4.69) is 10.2 Å². The highest BCUT2D eigenvalue weighted by molar-refractivity contribution is 7.79. The van der Waals surface area contributed by atoms with Crippen LogP contribution in [0.5, 0.6) is 0 Å². The number of nitrogens with zero attached hydrogens (tertiary/aromatic N) is 2. The maximum atomic E-state index is 12.4. The van der Waals surface area contributed by atoms with Gasteiger partial charge in [-0.05, 0) is 24.3 Å². The van der Waals surface area contributed by atoms with Crippen LogP contribution in [0.3, 0.4) is 0 Å². The molecule has 13 heavy (non-hydrogen) atoms. The first kappa shape index (κ1) is 9.94. The third kappa shape index (κ3) is 3.86. The van der Waals surface area contributed by atoms with Gasteiger partial charge in [0.05, 0.1) is 5.69 Å². The zero-order chi connectivity index (χ0) is 9.68. The van der Waals surface area contributed by atoms with Gasteiger partial charge in [-0.15, -0.1) is 0 Å². The fraction of sp³-hybridized carbons (Fsp3) is 0.143. The largest absolute Gasteiger partial charge is 0.305 e. The normalized spacial score (nSPS) is 13.4. The highest BCUT2D eigenvalue weighted by Gasteiger charge is 1.91. The Morgan fingerprint density at radius 3 is 2.54 bits per heavy atom. The molecule has 1 atom stereocenters. The van der Waals surface area contributed by atoms with E-state index >= 15 is 0 Å². The summed E-state index contributed by atoms with van der Waals surface area (Å²) in [6, 6.07) is 5.34. The molecule has 1 aromatic rings. The Hall–Kier alpha value is -1.14. The summed E-state index contributed by atoms with van der Waals surface area (Å²) in [6.07, 6.45) is 0. The minimum atomic E-state index is -1.98. The van der Waals surface area contributed by atoms with E-state index in [9.17, 15) is 8.60 Å². The van der Waals surface area contributed by atoms with Crippen molar-refractivity contribution in [3.05, 3.63) is 30.1 Å². The lowest BCUT2D eigenvalue weighted by Gasteiger charge is -1.90. The van der Waals surface area contributed by atoms with Crippen molar-refractivity contribution < 1.29 is 13.2 Å². The van der Waals surface area contributed by atoms with Gasteiger partial charge in [-0.1, -0.05) is 0 Å². The molecule has 0 heterocycles. The van der Waals surface area contributed by atoms with Gasteiger partial charge < -0.3 is 4.55 Å². The predicted molar refractivity (Wildman–Crippen MR) is 46.6 cm³/mol. The van der Waals surface area contributed by atoms with E-state index in [0.29, 0.717) is 5.69 Å². The molecule has 4 nitrogen and oxygen atoms in total. The zero-order valence-corrected chi connectivity index (χ0v) is 7.37. The summed E-state index contributed by atoms with van der Waals surface area (Å²) in [5.41, 5.74) is 0.451. The van der Waals surface area contributed by atoms with E-state index in [1.54, 1.807) is 0 Å². The second-order valence-electron chi connectivity index (χ2n) is 2.17. The van der Waals surface area contributed by atoms with Crippen LogP contribution in [0, 0.1) is 5.82 Å². The minimum Gasteiger partial charge on any atom is -0.305 e. The minimum absolute atomic E-state index is 0.266. The Balaban J connectivity index is 2.59. The van der Waals surface area contributed by atoms with Crippen LogP contribution in [-0.2, 0) is 11.1 Å². The molecule has 70 valence electrons. The molecule has 0 bridgehead atoms. The number of benzene rings is 1. The van der Waals surface area contributed by atoms with E-state index < -0.39 is 11.1 Å². The Kier molecular flexibility index (Phi) is 3.66. The van der Waals surface area contributed by atoms with Crippen LogP contribution in [0.25, 0.3) is 0 Å². The smallest absolute Gasteiger partial charge is 0.177 e. The molecule has 0 fully saturated rings.